The molecule has 1 aliphatic rings. The maximum atomic E-state index is 11.9. The number of aromatic carboxylic acids is 1. The van der Waals surface area contributed by atoms with Crippen molar-refractivity contribution in [2.45, 2.75) is 33.1 Å². The molecule has 3 nitrogen and oxygen atoms in total. The van der Waals surface area contributed by atoms with Gasteiger partial charge in [0.25, 0.3) is 0 Å². The summed E-state index contributed by atoms with van der Waals surface area (Å²) in [6.45, 7) is 4.45. The predicted octanol–water partition coefficient (Wildman–Crippen LogP) is 4.67. The van der Waals surface area contributed by atoms with Crippen LogP contribution >= 0.6 is 11.3 Å². The van der Waals surface area contributed by atoms with Crippen molar-refractivity contribution in [3.63, 3.8) is 0 Å². The summed E-state index contributed by atoms with van der Waals surface area (Å²) in [7, 11) is 1.87. The third kappa shape index (κ3) is 2.52. The topological polar surface area (TPSA) is 49.3 Å². The Morgan fingerprint density at radius 2 is 2.05 bits per heavy atom. The average Bonchev–Trinajstić information content (AvgIpc) is 2.84. The van der Waals surface area contributed by atoms with Crippen LogP contribution in [0.1, 0.15) is 41.1 Å². The number of nitrogens with one attached hydrogen (secondary N) is 1. The smallest absolute Gasteiger partial charge is 0.337 e. The SMILES string of the molecule is CNc1ccccc1-c1sc2c(c1C(=O)O)CC(C)(C)CC2. The van der Waals surface area contributed by atoms with Crippen LogP contribution in [0.25, 0.3) is 10.4 Å². The summed E-state index contributed by atoms with van der Waals surface area (Å²) in [5, 5.41) is 13.0. The van der Waals surface area contributed by atoms with Crippen LogP contribution in [-0.2, 0) is 12.8 Å². The molecule has 3 rings (SSSR count). The molecule has 0 aliphatic heterocycles. The predicted molar refractivity (Wildman–Crippen MR) is 92.1 cm³/mol. The molecule has 22 heavy (non-hydrogen) atoms. The summed E-state index contributed by atoms with van der Waals surface area (Å²) in [5.41, 5.74) is 3.70. The van der Waals surface area contributed by atoms with E-state index in [1.807, 2.05) is 31.3 Å². The maximum Gasteiger partial charge on any atom is 0.337 e. The molecule has 116 valence electrons. The standard InChI is InChI=1S/C18H21NO2S/c1-18(2)9-8-14-12(10-18)15(17(20)21)16(22-14)11-6-4-5-7-13(11)19-3/h4-7,19H,8-10H2,1-3H3,(H,20,21). The molecule has 4 heteroatoms. The van der Waals surface area contributed by atoms with Crippen LogP contribution in [0.5, 0.6) is 0 Å². The molecule has 0 fully saturated rings. The Labute approximate surface area is 135 Å². The van der Waals surface area contributed by atoms with E-state index in [0.29, 0.717) is 5.56 Å². The van der Waals surface area contributed by atoms with E-state index in [2.05, 4.69) is 19.2 Å². The fourth-order valence-corrected chi connectivity index (χ4v) is 4.58. The first-order valence-electron chi connectivity index (χ1n) is 7.58. The van der Waals surface area contributed by atoms with Crippen molar-refractivity contribution in [3.05, 3.63) is 40.3 Å². The monoisotopic (exact) mass is 315 g/mol. The van der Waals surface area contributed by atoms with Gasteiger partial charge in [-0.3, -0.25) is 0 Å². The van der Waals surface area contributed by atoms with Gasteiger partial charge in [0.1, 0.15) is 0 Å². The zero-order valence-electron chi connectivity index (χ0n) is 13.2. The van der Waals surface area contributed by atoms with Crippen molar-refractivity contribution in [2.75, 3.05) is 12.4 Å². The second kappa shape index (κ2) is 5.43. The van der Waals surface area contributed by atoms with E-state index >= 15 is 0 Å². The van der Waals surface area contributed by atoms with Crippen molar-refractivity contribution in [1.29, 1.82) is 0 Å². The first kappa shape index (κ1) is 15.1. The lowest BCUT2D eigenvalue weighted by Gasteiger charge is -2.29. The minimum absolute atomic E-state index is 0.179. The molecular formula is C18H21NO2S. The number of carboxylic acid groups (broad SMARTS) is 1. The number of thiophene rings is 1. The Kier molecular flexibility index (Phi) is 3.73. The van der Waals surface area contributed by atoms with E-state index in [0.717, 1.165) is 41.0 Å². The number of para-hydroxylation sites is 1. The number of rotatable bonds is 3. The summed E-state index contributed by atoms with van der Waals surface area (Å²) in [6.07, 6.45) is 2.95. The highest BCUT2D eigenvalue weighted by Crippen LogP contribution is 2.46. The lowest BCUT2D eigenvalue weighted by atomic mass is 9.76. The summed E-state index contributed by atoms with van der Waals surface area (Å²) in [6, 6.07) is 7.92. The fraction of sp³-hybridized carbons (Fsp3) is 0.389. The van der Waals surface area contributed by atoms with Gasteiger partial charge in [-0.15, -0.1) is 11.3 Å². The zero-order chi connectivity index (χ0) is 15.9. The van der Waals surface area contributed by atoms with E-state index in [-0.39, 0.29) is 5.41 Å². The quantitative estimate of drug-likeness (QED) is 0.865. The number of carbonyl (C=O) groups is 1. The average molecular weight is 315 g/mol. The highest BCUT2D eigenvalue weighted by atomic mass is 32.1. The Hall–Kier alpha value is -1.81. The molecular weight excluding hydrogens is 294 g/mol. The van der Waals surface area contributed by atoms with Crippen molar-refractivity contribution >= 4 is 23.0 Å². The Morgan fingerprint density at radius 3 is 2.73 bits per heavy atom. The Bertz CT molecular complexity index is 731. The van der Waals surface area contributed by atoms with E-state index in [1.165, 1.54) is 4.88 Å². The molecule has 0 amide bonds. The lowest BCUT2D eigenvalue weighted by Crippen LogP contribution is -2.22. The van der Waals surface area contributed by atoms with Crippen molar-refractivity contribution in [3.8, 4) is 10.4 Å². The summed E-state index contributed by atoms with van der Waals surface area (Å²) >= 11 is 1.65. The molecule has 1 aliphatic carbocycles. The van der Waals surface area contributed by atoms with Gasteiger partial charge >= 0.3 is 5.97 Å². The lowest BCUT2D eigenvalue weighted by molar-refractivity contribution is 0.0696. The molecule has 1 aromatic carbocycles. The van der Waals surface area contributed by atoms with E-state index in [9.17, 15) is 9.90 Å². The first-order valence-corrected chi connectivity index (χ1v) is 8.39. The second-order valence-corrected chi connectivity index (χ2v) is 7.75. The van der Waals surface area contributed by atoms with Crippen LogP contribution < -0.4 is 5.32 Å². The van der Waals surface area contributed by atoms with Crippen molar-refractivity contribution in [1.82, 2.24) is 0 Å². The van der Waals surface area contributed by atoms with E-state index in [4.69, 9.17) is 0 Å². The minimum Gasteiger partial charge on any atom is -0.478 e. The van der Waals surface area contributed by atoms with Gasteiger partial charge in [0.15, 0.2) is 0 Å². The largest absolute Gasteiger partial charge is 0.478 e. The van der Waals surface area contributed by atoms with Crippen molar-refractivity contribution in [2.24, 2.45) is 5.41 Å². The van der Waals surface area contributed by atoms with Gasteiger partial charge in [-0.05, 0) is 36.3 Å². The van der Waals surface area contributed by atoms with Gasteiger partial charge in [0.2, 0.25) is 0 Å². The van der Waals surface area contributed by atoms with E-state index in [1.54, 1.807) is 11.3 Å². The van der Waals surface area contributed by atoms with Crippen LogP contribution in [0.3, 0.4) is 0 Å². The zero-order valence-corrected chi connectivity index (χ0v) is 14.0. The number of hydrogen-bond donors (Lipinski definition) is 2. The normalized spacial score (nSPS) is 16.1. The number of hydrogen-bond acceptors (Lipinski definition) is 3. The minimum atomic E-state index is -0.809. The molecule has 1 heterocycles. The Balaban J connectivity index is 2.21. The number of carboxylic acids is 1. The van der Waals surface area contributed by atoms with Gasteiger partial charge in [-0.2, -0.15) is 0 Å². The molecule has 0 saturated heterocycles. The van der Waals surface area contributed by atoms with Crippen molar-refractivity contribution < 1.29 is 9.90 Å². The molecule has 0 radical (unpaired) electrons. The van der Waals surface area contributed by atoms with Crippen LogP contribution in [-0.4, -0.2) is 18.1 Å². The highest BCUT2D eigenvalue weighted by molar-refractivity contribution is 7.16. The third-order valence-electron chi connectivity index (χ3n) is 4.43. The van der Waals surface area contributed by atoms with Gasteiger partial charge in [-0.25, -0.2) is 4.79 Å². The molecule has 0 spiro atoms. The van der Waals surface area contributed by atoms with Crippen LogP contribution in [0, 0.1) is 5.41 Å². The molecule has 2 aromatic rings. The molecule has 1 aromatic heterocycles. The van der Waals surface area contributed by atoms with Gasteiger partial charge in [-0.1, -0.05) is 32.0 Å². The first-order chi connectivity index (χ1) is 10.4. The second-order valence-electron chi connectivity index (χ2n) is 6.65. The number of anilines is 1. The molecule has 0 saturated carbocycles. The molecule has 0 bridgehead atoms. The summed E-state index contributed by atoms with van der Waals surface area (Å²) in [5.74, 6) is -0.809. The van der Waals surface area contributed by atoms with E-state index < -0.39 is 5.97 Å². The van der Waals surface area contributed by atoms with Crippen LogP contribution in [0.15, 0.2) is 24.3 Å². The third-order valence-corrected chi connectivity index (χ3v) is 5.75. The highest BCUT2D eigenvalue weighted by Gasteiger charge is 2.33. The molecule has 0 atom stereocenters. The van der Waals surface area contributed by atoms with Crippen LogP contribution in [0.4, 0.5) is 5.69 Å². The van der Waals surface area contributed by atoms with Crippen LogP contribution in [0.2, 0.25) is 0 Å². The number of fused-ring (bicyclic) bond motifs is 1. The van der Waals surface area contributed by atoms with Gasteiger partial charge in [0, 0.05) is 23.2 Å². The molecule has 2 N–H and O–H groups in total. The number of aryl methyl sites for hydroxylation is 1. The number of benzene rings is 1. The molecule has 0 unspecified atom stereocenters. The maximum absolute atomic E-state index is 11.9. The Morgan fingerprint density at radius 1 is 1.32 bits per heavy atom. The summed E-state index contributed by atoms with van der Waals surface area (Å²) < 4.78 is 0. The van der Waals surface area contributed by atoms with Gasteiger partial charge < -0.3 is 10.4 Å². The summed E-state index contributed by atoms with van der Waals surface area (Å²) in [4.78, 5) is 14.1. The van der Waals surface area contributed by atoms with Gasteiger partial charge in [0.05, 0.1) is 10.4 Å². The fourth-order valence-electron chi connectivity index (χ4n) is 3.24.